The SMILES string of the molecule is O=C(O)c1nc(N2CCC[C@H](OCc3ccccn3)C2)ccc1Cl. The molecule has 2 aromatic rings. The Morgan fingerprint density at radius 2 is 2.25 bits per heavy atom. The van der Waals surface area contributed by atoms with Crippen LogP contribution in [0.4, 0.5) is 5.82 Å². The molecule has 0 aromatic carbocycles. The first-order valence-corrected chi connectivity index (χ1v) is 8.17. The fraction of sp³-hybridized carbons (Fsp3) is 0.353. The smallest absolute Gasteiger partial charge is 0.356 e. The number of aromatic nitrogens is 2. The summed E-state index contributed by atoms with van der Waals surface area (Å²) in [6.07, 6.45) is 3.73. The minimum absolute atomic E-state index is 0.0616. The number of carboxylic acids is 1. The van der Waals surface area contributed by atoms with Crippen molar-refractivity contribution < 1.29 is 14.6 Å². The van der Waals surface area contributed by atoms with E-state index in [1.54, 1.807) is 18.3 Å². The minimum Gasteiger partial charge on any atom is -0.476 e. The van der Waals surface area contributed by atoms with Gasteiger partial charge in [0.15, 0.2) is 5.69 Å². The molecule has 3 rings (SSSR count). The fourth-order valence-electron chi connectivity index (χ4n) is 2.73. The van der Waals surface area contributed by atoms with E-state index in [9.17, 15) is 4.79 Å². The van der Waals surface area contributed by atoms with E-state index in [1.165, 1.54) is 0 Å². The number of carboxylic acid groups (broad SMARTS) is 1. The minimum atomic E-state index is -1.12. The molecule has 1 aliphatic rings. The van der Waals surface area contributed by atoms with Crippen LogP contribution in [0.25, 0.3) is 0 Å². The number of piperidine rings is 1. The Bertz CT molecular complexity index is 711. The number of ether oxygens (including phenoxy) is 1. The molecule has 0 saturated carbocycles. The molecule has 24 heavy (non-hydrogen) atoms. The quantitative estimate of drug-likeness (QED) is 0.896. The first-order chi connectivity index (χ1) is 11.6. The van der Waals surface area contributed by atoms with Crippen molar-refractivity contribution in [3.63, 3.8) is 0 Å². The number of nitrogens with zero attached hydrogens (tertiary/aromatic N) is 3. The average molecular weight is 348 g/mol. The zero-order valence-corrected chi connectivity index (χ0v) is 13.8. The Balaban J connectivity index is 1.65. The maximum atomic E-state index is 11.2. The van der Waals surface area contributed by atoms with E-state index < -0.39 is 5.97 Å². The van der Waals surface area contributed by atoms with Crippen LogP contribution in [0.3, 0.4) is 0 Å². The summed E-state index contributed by atoms with van der Waals surface area (Å²) < 4.78 is 5.95. The summed E-state index contributed by atoms with van der Waals surface area (Å²) in [5.74, 6) is -0.509. The number of hydrogen-bond acceptors (Lipinski definition) is 5. The summed E-state index contributed by atoms with van der Waals surface area (Å²) in [6.45, 7) is 1.95. The largest absolute Gasteiger partial charge is 0.476 e. The van der Waals surface area contributed by atoms with Crippen LogP contribution in [0, 0.1) is 0 Å². The van der Waals surface area contributed by atoms with Gasteiger partial charge >= 0.3 is 5.97 Å². The van der Waals surface area contributed by atoms with Gasteiger partial charge in [-0.05, 0) is 37.1 Å². The summed E-state index contributed by atoms with van der Waals surface area (Å²) in [5.41, 5.74) is 0.776. The zero-order valence-electron chi connectivity index (χ0n) is 13.1. The number of anilines is 1. The van der Waals surface area contributed by atoms with Crippen molar-refractivity contribution in [3.8, 4) is 0 Å². The highest BCUT2D eigenvalue weighted by Crippen LogP contribution is 2.23. The molecule has 1 atom stereocenters. The van der Waals surface area contributed by atoms with Crippen LogP contribution >= 0.6 is 11.6 Å². The highest BCUT2D eigenvalue weighted by molar-refractivity contribution is 6.33. The molecule has 1 N–H and O–H groups in total. The predicted molar refractivity (Wildman–Crippen MR) is 90.5 cm³/mol. The molecule has 6 nitrogen and oxygen atoms in total. The van der Waals surface area contributed by atoms with Crippen molar-refractivity contribution in [2.45, 2.75) is 25.6 Å². The molecular weight excluding hydrogens is 330 g/mol. The van der Waals surface area contributed by atoms with Crippen molar-refractivity contribution in [2.24, 2.45) is 0 Å². The lowest BCUT2D eigenvalue weighted by Gasteiger charge is -2.33. The normalized spacial score (nSPS) is 17.7. The Morgan fingerprint density at radius 1 is 1.38 bits per heavy atom. The zero-order chi connectivity index (χ0) is 16.9. The molecule has 126 valence electrons. The van der Waals surface area contributed by atoms with Crippen LogP contribution in [0.2, 0.25) is 5.02 Å². The van der Waals surface area contributed by atoms with Gasteiger partial charge in [0, 0.05) is 19.3 Å². The summed E-state index contributed by atoms with van der Waals surface area (Å²) in [5, 5.41) is 9.30. The van der Waals surface area contributed by atoms with Gasteiger partial charge < -0.3 is 14.7 Å². The lowest BCUT2D eigenvalue weighted by atomic mass is 10.1. The summed E-state index contributed by atoms with van der Waals surface area (Å²) in [7, 11) is 0. The van der Waals surface area contributed by atoms with Crippen molar-refractivity contribution in [1.29, 1.82) is 0 Å². The molecule has 1 fully saturated rings. The van der Waals surface area contributed by atoms with E-state index >= 15 is 0 Å². The van der Waals surface area contributed by atoms with Crippen molar-refractivity contribution in [2.75, 3.05) is 18.0 Å². The molecule has 3 heterocycles. The predicted octanol–water partition coefficient (Wildman–Crippen LogP) is 3.01. The van der Waals surface area contributed by atoms with E-state index in [0.717, 1.165) is 25.1 Å². The van der Waals surface area contributed by atoms with Gasteiger partial charge in [-0.1, -0.05) is 17.7 Å². The van der Waals surface area contributed by atoms with Gasteiger partial charge in [-0.3, -0.25) is 4.98 Å². The number of halogens is 1. The summed E-state index contributed by atoms with van der Waals surface area (Å²) >= 11 is 5.88. The Morgan fingerprint density at radius 3 is 3.00 bits per heavy atom. The monoisotopic (exact) mass is 347 g/mol. The van der Waals surface area contributed by atoms with Crippen LogP contribution in [-0.4, -0.2) is 40.2 Å². The number of carbonyl (C=O) groups is 1. The highest BCUT2D eigenvalue weighted by atomic mass is 35.5. The molecular formula is C17H18ClN3O3. The first kappa shape index (κ1) is 16.7. The molecule has 0 radical (unpaired) electrons. The van der Waals surface area contributed by atoms with Crippen LogP contribution in [-0.2, 0) is 11.3 Å². The lowest BCUT2D eigenvalue weighted by Crippen LogP contribution is -2.40. The Kier molecular flexibility index (Phi) is 5.27. The molecule has 0 amide bonds. The second-order valence-electron chi connectivity index (χ2n) is 5.65. The standard InChI is InChI=1S/C17H18ClN3O3/c18-14-6-7-15(20-16(14)17(22)23)21-9-3-5-13(10-21)24-11-12-4-1-2-8-19-12/h1-2,4,6-8,13H,3,5,9-11H2,(H,22,23)/t13-/m0/s1. The number of pyridine rings is 2. The molecule has 1 saturated heterocycles. The molecule has 0 spiro atoms. The third-order valence-corrected chi connectivity index (χ3v) is 4.23. The molecule has 1 aliphatic heterocycles. The third kappa shape index (κ3) is 4.01. The van der Waals surface area contributed by atoms with Crippen LogP contribution in [0.5, 0.6) is 0 Å². The van der Waals surface area contributed by atoms with Gasteiger partial charge in [-0.15, -0.1) is 0 Å². The second kappa shape index (κ2) is 7.59. The van der Waals surface area contributed by atoms with Gasteiger partial charge in [0.2, 0.25) is 0 Å². The van der Waals surface area contributed by atoms with Gasteiger partial charge in [0.25, 0.3) is 0 Å². The molecule has 2 aromatic heterocycles. The van der Waals surface area contributed by atoms with Crippen molar-refractivity contribution in [3.05, 3.63) is 52.9 Å². The van der Waals surface area contributed by atoms with Crippen LogP contribution in [0.15, 0.2) is 36.5 Å². The number of aromatic carboxylic acids is 1. The third-order valence-electron chi connectivity index (χ3n) is 3.93. The van der Waals surface area contributed by atoms with Gasteiger partial charge in [0.05, 0.1) is 23.4 Å². The molecule has 0 aliphatic carbocycles. The average Bonchev–Trinajstić information content (AvgIpc) is 2.61. The van der Waals surface area contributed by atoms with Gasteiger partial charge in [0.1, 0.15) is 5.82 Å². The summed E-state index contributed by atoms with van der Waals surface area (Å²) in [6, 6.07) is 9.06. The Hall–Kier alpha value is -2.18. The van der Waals surface area contributed by atoms with Crippen molar-refractivity contribution >= 4 is 23.4 Å². The molecule has 0 bridgehead atoms. The maximum Gasteiger partial charge on any atom is 0.356 e. The van der Waals surface area contributed by atoms with Gasteiger partial charge in [-0.25, -0.2) is 9.78 Å². The lowest BCUT2D eigenvalue weighted by molar-refractivity contribution is 0.0297. The van der Waals surface area contributed by atoms with E-state index in [4.69, 9.17) is 21.4 Å². The molecule has 7 heteroatoms. The number of hydrogen-bond donors (Lipinski definition) is 1. The second-order valence-corrected chi connectivity index (χ2v) is 6.05. The summed E-state index contributed by atoms with van der Waals surface area (Å²) in [4.78, 5) is 21.6. The van der Waals surface area contributed by atoms with E-state index in [1.807, 2.05) is 23.1 Å². The van der Waals surface area contributed by atoms with E-state index in [-0.39, 0.29) is 16.8 Å². The van der Waals surface area contributed by atoms with Gasteiger partial charge in [-0.2, -0.15) is 0 Å². The first-order valence-electron chi connectivity index (χ1n) is 7.80. The number of rotatable bonds is 5. The highest BCUT2D eigenvalue weighted by Gasteiger charge is 2.23. The Labute approximate surface area is 145 Å². The molecule has 0 unspecified atom stereocenters. The van der Waals surface area contributed by atoms with Crippen LogP contribution < -0.4 is 4.90 Å². The van der Waals surface area contributed by atoms with E-state index in [2.05, 4.69) is 9.97 Å². The van der Waals surface area contributed by atoms with E-state index in [0.29, 0.717) is 19.0 Å². The fourth-order valence-corrected chi connectivity index (χ4v) is 2.91. The maximum absolute atomic E-state index is 11.2. The topological polar surface area (TPSA) is 75.5 Å². The van der Waals surface area contributed by atoms with Crippen LogP contribution in [0.1, 0.15) is 29.0 Å². The van der Waals surface area contributed by atoms with Crippen molar-refractivity contribution in [1.82, 2.24) is 9.97 Å².